The van der Waals surface area contributed by atoms with Crippen molar-refractivity contribution in [2.24, 2.45) is 0 Å². The molecule has 0 amide bonds. The number of likely N-dealkylation sites (tertiary alicyclic amines) is 1. The lowest BCUT2D eigenvalue weighted by Crippen LogP contribution is -2.47. The Hall–Kier alpha value is -1.54. The molecule has 176 valence electrons. The Morgan fingerprint density at radius 2 is 1.62 bits per heavy atom. The Kier molecular flexibility index (Phi) is 9.91. The molecule has 2 atom stereocenters. The van der Waals surface area contributed by atoms with Gasteiger partial charge >= 0.3 is 0 Å². The molecule has 0 spiro atoms. The fraction of sp³-hybridized carbons (Fsp3) is 0.500. The van der Waals surface area contributed by atoms with Gasteiger partial charge < -0.3 is 29.9 Å². The molecule has 0 radical (unpaired) electrons. The van der Waals surface area contributed by atoms with Crippen molar-refractivity contribution < 1.29 is 19.7 Å². The average Bonchev–Trinajstić information content (AvgIpc) is 2.75. The van der Waals surface area contributed by atoms with E-state index in [9.17, 15) is 10.2 Å². The number of ether oxygens (including phenoxy) is 2. The fourth-order valence-corrected chi connectivity index (χ4v) is 4.24. The van der Waals surface area contributed by atoms with Crippen LogP contribution in [0.15, 0.2) is 42.5 Å². The smallest absolute Gasteiger partial charge is 0.122 e. The van der Waals surface area contributed by atoms with Gasteiger partial charge in [0.1, 0.15) is 36.9 Å². The van der Waals surface area contributed by atoms with Gasteiger partial charge in [0.05, 0.1) is 0 Å². The number of aryl methyl sites for hydroxylation is 1. The summed E-state index contributed by atoms with van der Waals surface area (Å²) in [5.41, 5.74) is 1.13. The topological polar surface area (TPSA) is 74.2 Å². The Morgan fingerprint density at radius 1 is 0.969 bits per heavy atom. The number of hydrogen-bond acceptors (Lipinski definition) is 6. The molecular weight excluding hydrogens is 451 g/mol. The Labute approximate surface area is 200 Å². The number of aliphatic hydroxyl groups is 2. The van der Waals surface area contributed by atoms with E-state index in [2.05, 4.69) is 10.2 Å². The maximum Gasteiger partial charge on any atom is 0.122 e. The zero-order chi connectivity index (χ0) is 22.9. The van der Waals surface area contributed by atoms with Crippen LogP contribution < -0.4 is 14.8 Å². The van der Waals surface area contributed by atoms with Gasteiger partial charge in [-0.2, -0.15) is 0 Å². The lowest BCUT2D eigenvalue weighted by Gasteiger charge is -2.33. The molecule has 1 aliphatic heterocycles. The highest BCUT2D eigenvalue weighted by molar-refractivity contribution is 6.34. The molecule has 32 heavy (non-hydrogen) atoms. The van der Waals surface area contributed by atoms with Crippen LogP contribution in [0.1, 0.15) is 18.4 Å². The van der Waals surface area contributed by atoms with Crippen molar-refractivity contribution in [3.05, 3.63) is 58.1 Å². The van der Waals surface area contributed by atoms with Crippen LogP contribution in [0.5, 0.6) is 11.5 Å². The minimum Gasteiger partial charge on any atom is -0.491 e. The molecule has 6 nitrogen and oxygen atoms in total. The van der Waals surface area contributed by atoms with E-state index in [1.54, 1.807) is 18.2 Å². The quantitative estimate of drug-likeness (QED) is 0.454. The highest BCUT2D eigenvalue weighted by atomic mass is 35.5. The number of β-amino-alcohol motifs (C(OH)–C–C–N with tert-alkyl or cyclic N) is 1. The van der Waals surface area contributed by atoms with Gasteiger partial charge in [0.15, 0.2) is 0 Å². The number of benzene rings is 2. The number of aliphatic hydroxyl groups excluding tert-OH is 2. The number of rotatable bonds is 11. The van der Waals surface area contributed by atoms with Crippen LogP contribution in [-0.2, 0) is 0 Å². The van der Waals surface area contributed by atoms with Crippen LogP contribution in [0.25, 0.3) is 0 Å². The predicted octanol–water partition coefficient (Wildman–Crippen LogP) is 3.54. The number of nitrogens with one attached hydrogen (secondary N) is 1. The molecule has 0 unspecified atom stereocenters. The van der Waals surface area contributed by atoms with Gasteiger partial charge in [0, 0.05) is 29.2 Å². The summed E-state index contributed by atoms with van der Waals surface area (Å²) >= 11 is 11.9. The van der Waals surface area contributed by atoms with E-state index in [-0.39, 0.29) is 13.2 Å². The van der Waals surface area contributed by atoms with Crippen molar-refractivity contribution >= 4 is 23.2 Å². The van der Waals surface area contributed by atoms with E-state index >= 15 is 0 Å². The van der Waals surface area contributed by atoms with Crippen molar-refractivity contribution in [1.29, 1.82) is 0 Å². The molecule has 3 rings (SSSR count). The molecule has 2 aromatic rings. The molecule has 1 saturated heterocycles. The standard InChI is InChI=1S/C24H32Cl2N2O4/c1-17-3-2-4-23(9-17)31-15-21(29)13-27-20-5-7-28(8-6-20)14-22(30)16-32-24-11-18(25)10-19(26)12-24/h2-4,9-12,20-22,27,29-30H,5-8,13-16H2,1H3/t21-,22-/m0/s1. The molecule has 0 aliphatic carbocycles. The molecule has 0 saturated carbocycles. The van der Waals surface area contributed by atoms with Crippen molar-refractivity contribution in [1.82, 2.24) is 10.2 Å². The fourth-order valence-electron chi connectivity index (χ4n) is 3.73. The van der Waals surface area contributed by atoms with Crippen LogP contribution in [0.4, 0.5) is 0 Å². The van der Waals surface area contributed by atoms with E-state index in [4.69, 9.17) is 32.7 Å². The lowest BCUT2D eigenvalue weighted by molar-refractivity contribution is 0.0556. The number of piperidine rings is 1. The third-order valence-corrected chi connectivity index (χ3v) is 5.85. The van der Waals surface area contributed by atoms with Gasteiger partial charge in [0.2, 0.25) is 0 Å². The lowest BCUT2D eigenvalue weighted by atomic mass is 10.0. The first-order chi connectivity index (χ1) is 15.4. The summed E-state index contributed by atoms with van der Waals surface area (Å²) < 4.78 is 11.3. The minimum atomic E-state index is -0.599. The molecular formula is C24H32Cl2N2O4. The Bertz CT molecular complexity index is 826. The summed E-state index contributed by atoms with van der Waals surface area (Å²) in [5.74, 6) is 1.33. The van der Waals surface area contributed by atoms with E-state index in [1.807, 2.05) is 31.2 Å². The first-order valence-corrected chi connectivity index (χ1v) is 11.7. The van der Waals surface area contributed by atoms with Crippen LogP contribution in [0, 0.1) is 6.92 Å². The first-order valence-electron chi connectivity index (χ1n) is 11.0. The normalized spacial score (nSPS) is 17.2. The summed E-state index contributed by atoms with van der Waals surface area (Å²) in [5, 5.41) is 25.0. The second kappa shape index (κ2) is 12.6. The largest absolute Gasteiger partial charge is 0.491 e. The monoisotopic (exact) mass is 482 g/mol. The molecule has 1 aliphatic rings. The molecule has 3 N–H and O–H groups in total. The van der Waals surface area contributed by atoms with Crippen LogP contribution in [0.2, 0.25) is 10.0 Å². The SMILES string of the molecule is Cc1cccc(OC[C@@H](O)CNC2CCN(C[C@H](O)COc3cc(Cl)cc(Cl)c3)CC2)c1. The molecule has 1 heterocycles. The van der Waals surface area contributed by atoms with Crippen LogP contribution in [0.3, 0.4) is 0 Å². The predicted molar refractivity (Wildman–Crippen MR) is 128 cm³/mol. The Balaban J connectivity index is 1.29. The Morgan fingerprint density at radius 3 is 2.31 bits per heavy atom. The van der Waals surface area contributed by atoms with Gasteiger partial charge in [-0.15, -0.1) is 0 Å². The second-order valence-electron chi connectivity index (χ2n) is 8.33. The van der Waals surface area contributed by atoms with Gasteiger partial charge in [-0.3, -0.25) is 0 Å². The maximum atomic E-state index is 10.3. The van der Waals surface area contributed by atoms with E-state index in [1.165, 1.54) is 0 Å². The third-order valence-electron chi connectivity index (χ3n) is 5.41. The summed E-state index contributed by atoms with van der Waals surface area (Å²) in [6.45, 7) is 5.27. The van der Waals surface area contributed by atoms with E-state index < -0.39 is 12.2 Å². The third kappa shape index (κ3) is 8.77. The maximum absolute atomic E-state index is 10.3. The number of nitrogens with zero attached hydrogens (tertiary/aromatic N) is 1. The molecule has 2 aromatic carbocycles. The van der Waals surface area contributed by atoms with Crippen LogP contribution in [-0.4, -0.2) is 72.8 Å². The summed E-state index contributed by atoms with van der Waals surface area (Å²) in [6, 6.07) is 13.2. The van der Waals surface area contributed by atoms with Crippen molar-refractivity contribution in [3.63, 3.8) is 0 Å². The molecule has 1 fully saturated rings. The van der Waals surface area contributed by atoms with Gasteiger partial charge in [-0.05, 0) is 68.8 Å². The zero-order valence-corrected chi connectivity index (χ0v) is 19.9. The average molecular weight is 483 g/mol. The summed E-state index contributed by atoms with van der Waals surface area (Å²) in [4.78, 5) is 2.23. The van der Waals surface area contributed by atoms with Crippen molar-refractivity contribution in [2.75, 3.05) is 39.4 Å². The summed E-state index contributed by atoms with van der Waals surface area (Å²) in [6.07, 6.45) is 0.761. The van der Waals surface area contributed by atoms with Crippen molar-refractivity contribution in [2.45, 2.75) is 38.0 Å². The van der Waals surface area contributed by atoms with Gasteiger partial charge in [0.25, 0.3) is 0 Å². The van der Waals surface area contributed by atoms with E-state index in [0.29, 0.717) is 34.9 Å². The van der Waals surface area contributed by atoms with Crippen LogP contribution >= 0.6 is 23.2 Å². The summed E-state index contributed by atoms with van der Waals surface area (Å²) in [7, 11) is 0. The highest BCUT2D eigenvalue weighted by Gasteiger charge is 2.21. The number of halogens is 2. The first kappa shape index (κ1) is 25.1. The number of hydrogen-bond donors (Lipinski definition) is 3. The zero-order valence-electron chi connectivity index (χ0n) is 18.3. The van der Waals surface area contributed by atoms with Crippen molar-refractivity contribution in [3.8, 4) is 11.5 Å². The van der Waals surface area contributed by atoms with Gasteiger partial charge in [-0.1, -0.05) is 35.3 Å². The molecule has 0 bridgehead atoms. The molecule has 8 heteroatoms. The van der Waals surface area contributed by atoms with Gasteiger partial charge in [-0.25, -0.2) is 0 Å². The minimum absolute atomic E-state index is 0.183. The van der Waals surface area contributed by atoms with E-state index in [0.717, 1.165) is 37.2 Å². The molecule has 0 aromatic heterocycles. The second-order valence-corrected chi connectivity index (χ2v) is 9.21. The highest BCUT2D eigenvalue weighted by Crippen LogP contribution is 2.24.